The second-order valence-electron chi connectivity index (χ2n) is 6.80. The molecule has 2 aliphatic heterocycles. The van der Waals surface area contributed by atoms with E-state index in [1.54, 1.807) is 0 Å². The summed E-state index contributed by atoms with van der Waals surface area (Å²) in [6.07, 6.45) is 4.66. The Kier molecular flexibility index (Phi) is 4.76. The summed E-state index contributed by atoms with van der Waals surface area (Å²) in [4.78, 5) is 19.4. The normalized spacial score (nSPS) is 18.7. The van der Waals surface area contributed by atoms with Crippen LogP contribution in [0.15, 0.2) is 24.4 Å². The lowest BCUT2D eigenvalue weighted by Gasteiger charge is -2.32. The number of fused-ring (bicyclic) bond motifs is 1. The number of rotatable bonds is 4. The van der Waals surface area contributed by atoms with Gasteiger partial charge < -0.3 is 10.6 Å². The van der Waals surface area contributed by atoms with Crippen LogP contribution in [0.5, 0.6) is 0 Å². The molecule has 2 aromatic rings. The van der Waals surface area contributed by atoms with Crippen LogP contribution in [-0.4, -0.2) is 51.7 Å². The number of hydrogen-bond donors (Lipinski definition) is 3. The first-order valence-corrected chi connectivity index (χ1v) is 8.99. The molecule has 7 heteroatoms. The minimum atomic E-state index is -0.0515. The molecular weight excluding hydrogens is 316 g/mol. The molecule has 0 bridgehead atoms. The molecule has 1 fully saturated rings. The fourth-order valence-electron chi connectivity index (χ4n) is 3.62. The van der Waals surface area contributed by atoms with Crippen LogP contribution in [0, 0.1) is 0 Å². The highest BCUT2D eigenvalue weighted by molar-refractivity contribution is 5.94. The van der Waals surface area contributed by atoms with Gasteiger partial charge in [0.25, 0.3) is 5.91 Å². The Labute approximate surface area is 147 Å². The summed E-state index contributed by atoms with van der Waals surface area (Å²) in [6, 6.07) is 6.24. The number of aromatic nitrogens is 3. The van der Waals surface area contributed by atoms with Crippen LogP contribution < -0.4 is 10.6 Å². The predicted molar refractivity (Wildman–Crippen MR) is 94.0 cm³/mol. The van der Waals surface area contributed by atoms with Crippen LogP contribution in [0.3, 0.4) is 0 Å². The molecule has 7 nitrogen and oxygen atoms in total. The zero-order valence-corrected chi connectivity index (χ0v) is 14.3. The van der Waals surface area contributed by atoms with Crippen LogP contribution in [0.4, 0.5) is 0 Å². The molecule has 0 unspecified atom stereocenters. The Morgan fingerprint density at radius 3 is 3.00 bits per heavy atom. The van der Waals surface area contributed by atoms with Gasteiger partial charge in [-0.3, -0.25) is 19.8 Å². The van der Waals surface area contributed by atoms with Gasteiger partial charge in [-0.15, -0.1) is 0 Å². The van der Waals surface area contributed by atoms with E-state index in [1.165, 1.54) is 0 Å². The predicted octanol–water partition coefficient (Wildman–Crippen LogP) is 0.845. The number of hydrogen-bond acceptors (Lipinski definition) is 5. The van der Waals surface area contributed by atoms with Gasteiger partial charge in [-0.25, -0.2) is 0 Å². The summed E-state index contributed by atoms with van der Waals surface area (Å²) >= 11 is 0. The monoisotopic (exact) mass is 340 g/mol. The Hall–Kier alpha value is -2.25. The van der Waals surface area contributed by atoms with Crippen molar-refractivity contribution >= 4 is 5.91 Å². The Morgan fingerprint density at radius 1 is 1.32 bits per heavy atom. The number of piperidine rings is 1. The maximum atomic E-state index is 12.6. The summed E-state index contributed by atoms with van der Waals surface area (Å²) in [5.74, 6) is -0.0515. The van der Waals surface area contributed by atoms with Crippen molar-refractivity contribution in [1.82, 2.24) is 30.7 Å². The molecule has 0 aliphatic carbocycles. The van der Waals surface area contributed by atoms with Crippen LogP contribution in [0.2, 0.25) is 0 Å². The average Bonchev–Trinajstić information content (AvgIpc) is 3.08. The van der Waals surface area contributed by atoms with E-state index < -0.39 is 0 Å². The van der Waals surface area contributed by atoms with E-state index in [9.17, 15) is 4.79 Å². The number of nitrogens with one attached hydrogen (secondary N) is 3. The van der Waals surface area contributed by atoms with Crippen molar-refractivity contribution in [2.24, 2.45) is 0 Å². The number of pyridine rings is 1. The second-order valence-corrected chi connectivity index (χ2v) is 6.80. The van der Waals surface area contributed by atoms with Crippen molar-refractivity contribution < 1.29 is 4.79 Å². The zero-order chi connectivity index (χ0) is 17.1. The lowest BCUT2D eigenvalue weighted by atomic mass is 10.0. The Morgan fingerprint density at radius 2 is 2.20 bits per heavy atom. The van der Waals surface area contributed by atoms with Gasteiger partial charge in [0.1, 0.15) is 0 Å². The number of nitrogens with zero attached hydrogens (tertiary/aromatic N) is 3. The van der Waals surface area contributed by atoms with Gasteiger partial charge >= 0.3 is 0 Å². The highest BCUT2D eigenvalue weighted by Crippen LogP contribution is 2.17. The fraction of sp³-hybridized carbons (Fsp3) is 0.500. The smallest absolute Gasteiger partial charge is 0.272 e. The number of H-pyrrole nitrogens is 1. The lowest BCUT2D eigenvalue weighted by molar-refractivity contribution is 0.0902. The third-order valence-corrected chi connectivity index (χ3v) is 5.06. The molecule has 1 amide bonds. The first kappa shape index (κ1) is 16.2. The van der Waals surface area contributed by atoms with Gasteiger partial charge in [-0.1, -0.05) is 6.07 Å². The fourth-order valence-corrected chi connectivity index (χ4v) is 3.62. The zero-order valence-electron chi connectivity index (χ0n) is 14.3. The van der Waals surface area contributed by atoms with Gasteiger partial charge in [0.05, 0.1) is 5.69 Å². The van der Waals surface area contributed by atoms with Crippen molar-refractivity contribution in [3.63, 3.8) is 0 Å². The van der Waals surface area contributed by atoms with Gasteiger partial charge in [0.15, 0.2) is 5.69 Å². The molecule has 132 valence electrons. The average molecular weight is 340 g/mol. The van der Waals surface area contributed by atoms with Crippen molar-refractivity contribution in [3.05, 3.63) is 47.0 Å². The SMILES string of the molecule is O=C(NC1CCN(Cc2ccccn2)CC1)c1n[nH]c2c1CNCC2. The lowest BCUT2D eigenvalue weighted by Crippen LogP contribution is -2.44. The maximum Gasteiger partial charge on any atom is 0.272 e. The van der Waals surface area contributed by atoms with Crippen LogP contribution in [0.1, 0.15) is 40.3 Å². The number of likely N-dealkylation sites (tertiary alicyclic amines) is 1. The van der Waals surface area contributed by atoms with Crippen LogP contribution in [0.25, 0.3) is 0 Å². The summed E-state index contributed by atoms with van der Waals surface area (Å²) < 4.78 is 0. The molecule has 0 atom stereocenters. The molecule has 1 saturated heterocycles. The molecule has 25 heavy (non-hydrogen) atoms. The van der Waals surface area contributed by atoms with Gasteiger partial charge in [0.2, 0.25) is 0 Å². The molecular formula is C18H24N6O. The topological polar surface area (TPSA) is 85.9 Å². The van der Waals surface area contributed by atoms with Crippen LogP contribution >= 0.6 is 0 Å². The van der Waals surface area contributed by atoms with Crippen molar-refractivity contribution in [2.75, 3.05) is 19.6 Å². The first-order chi connectivity index (χ1) is 12.3. The minimum Gasteiger partial charge on any atom is -0.348 e. The third kappa shape index (κ3) is 3.72. The van der Waals surface area contributed by atoms with E-state index in [0.717, 1.165) is 68.9 Å². The van der Waals surface area contributed by atoms with Crippen LogP contribution in [-0.2, 0) is 19.5 Å². The largest absolute Gasteiger partial charge is 0.348 e. The number of aromatic amines is 1. The molecule has 2 aromatic heterocycles. The third-order valence-electron chi connectivity index (χ3n) is 5.06. The highest BCUT2D eigenvalue weighted by atomic mass is 16.2. The minimum absolute atomic E-state index is 0.0515. The molecule has 2 aliphatic rings. The molecule has 0 radical (unpaired) electrons. The van der Waals surface area contributed by atoms with E-state index >= 15 is 0 Å². The summed E-state index contributed by atoms with van der Waals surface area (Å²) in [5, 5.41) is 13.7. The Bertz CT molecular complexity index is 720. The maximum absolute atomic E-state index is 12.6. The molecule has 0 spiro atoms. The molecule has 4 heterocycles. The summed E-state index contributed by atoms with van der Waals surface area (Å²) in [6.45, 7) is 4.48. The summed E-state index contributed by atoms with van der Waals surface area (Å²) in [5.41, 5.74) is 3.77. The van der Waals surface area contributed by atoms with E-state index in [2.05, 4.69) is 36.8 Å². The quantitative estimate of drug-likeness (QED) is 0.768. The highest BCUT2D eigenvalue weighted by Gasteiger charge is 2.25. The molecule has 0 saturated carbocycles. The van der Waals surface area contributed by atoms with E-state index in [0.29, 0.717) is 5.69 Å². The molecule has 4 rings (SSSR count). The van der Waals surface area contributed by atoms with Gasteiger partial charge in [-0.05, 0) is 25.0 Å². The molecule has 3 N–H and O–H groups in total. The van der Waals surface area contributed by atoms with Gasteiger partial charge in [0, 0.05) is 62.6 Å². The van der Waals surface area contributed by atoms with Crippen molar-refractivity contribution in [1.29, 1.82) is 0 Å². The summed E-state index contributed by atoms with van der Waals surface area (Å²) in [7, 11) is 0. The van der Waals surface area contributed by atoms with Crippen molar-refractivity contribution in [2.45, 2.75) is 38.4 Å². The van der Waals surface area contributed by atoms with Gasteiger partial charge in [-0.2, -0.15) is 5.10 Å². The standard InChI is InChI=1S/C18H24N6O/c25-18(17-15-11-19-8-4-16(15)22-23-17)21-13-5-9-24(10-6-13)12-14-3-1-2-7-20-14/h1-3,7,13,19H,4-6,8-12H2,(H,21,25)(H,22,23). The van der Waals surface area contributed by atoms with E-state index in [4.69, 9.17) is 0 Å². The number of carbonyl (C=O) groups is 1. The second kappa shape index (κ2) is 7.33. The number of carbonyl (C=O) groups excluding carboxylic acids is 1. The number of amides is 1. The van der Waals surface area contributed by atoms with E-state index in [-0.39, 0.29) is 11.9 Å². The Balaban J connectivity index is 1.30. The van der Waals surface area contributed by atoms with E-state index in [1.807, 2.05) is 18.3 Å². The van der Waals surface area contributed by atoms with Crippen molar-refractivity contribution in [3.8, 4) is 0 Å². The molecule has 0 aromatic carbocycles. The first-order valence-electron chi connectivity index (χ1n) is 8.99.